The highest BCUT2D eigenvalue weighted by molar-refractivity contribution is 5.92. The summed E-state index contributed by atoms with van der Waals surface area (Å²) in [7, 11) is 1.89. The molecule has 0 bridgehead atoms. The van der Waals surface area contributed by atoms with Crippen molar-refractivity contribution >= 4 is 11.6 Å². The van der Waals surface area contributed by atoms with Crippen LogP contribution in [0.5, 0.6) is 0 Å². The number of halogens is 1. The zero-order chi connectivity index (χ0) is 15.1. The van der Waals surface area contributed by atoms with Gasteiger partial charge in [-0.1, -0.05) is 0 Å². The molecule has 0 aliphatic carbocycles. The smallest absolute Gasteiger partial charge is 0.238 e. The van der Waals surface area contributed by atoms with Crippen molar-refractivity contribution in [3.8, 4) is 0 Å². The molecule has 0 spiro atoms. The van der Waals surface area contributed by atoms with E-state index in [0.717, 1.165) is 13.0 Å². The predicted molar refractivity (Wildman–Crippen MR) is 80.5 cm³/mol. The third-order valence-electron chi connectivity index (χ3n) is 3.07. The van der Waals surface area contributed by atoms with Crippen molar-refractivity contribution in [1.29, 1.82) is 0 Å². The summed E-state index contributed by atoms with van der Waals surface area (Å²) in [4.78, 5) is 17.8. The molecule has 110 valence electrons. The first-order valence-electron chi connectivity index (χ1n) is 6.76. The number of carbonyl (C=O) groups excluding carboxylic acids is 1. The van der Waals surface area contributed by atoms with Crippen molar-refractivity contribution in [3.63, 3.8) is 0 Å². The average molecular weight is 287 g/mol. The normalized spacial score (nSPS) is 10.6. The SMILES string of the molecule is CN(CCc1ccncc1)CC(=O)Nc1ccc(F)cc1. The van der Waals surface area contributed by atoms with Crippen molar-refractivity contribution in [2.45, 2.75) is 6.42 Å². The van der Waals surface area contributed by atoms with Gasteiger partial charge >= 0.3 is 0 Å². The lowest BCUT2D eigenvalue weighted by molar-refractivity contribution is -0.117. The second-order valence-electron chi connectivity index (χ2n) is 4.90. The average Bonchev–Trinajstić information content (AvgIpc) is 2.48. The summed E-state index contributed by atoms with van der Waals surface area (Å²) < 4.78 is 12.8. The van der Waals surface area contributed by atoms with Gasteiger partial charge in [0.1, 0.15) is 5.82 Å². The molecule has 1 amide bonds. The maximum atomic E-state index is 12.8. The minimum Gasteiger partial charge on any atom is -0.325 e. The van der Waals surface area contributed by atoms with Crippen molar-refractivity contribution in [2.24, 2.45) is 0 Å². The second-order valence-corrected chi connectivity index (χ2v) is 4.90. The first-order chi connectivity index (χ1) is 10.1. The van der Waals surface area contributed by atoms with E-state index in [-0.39, 0.29) is 11.7 Å². The van der Waals surface area contributed by atoms with Crippen molar-refractivity contribution < 1.29 is 9.18 Å². The summed E-state index contributed by atoms with van der Waals surface area (Å²) in [5.41, 5.74) is 1.79. The molecule has 0 saturated heterocycles. The van der Waals surface area contributed by atoms with Crippen LogP contribution < -0.4 is 5.32 Å². The van der Waals surface area contributed by atoms with E-state index in [4.69, 9.17) is 0 Å². The van der Waals surface area contributed by atoms with E-state index in [0.29, 0.717) is 12.2 Å². The van der Waals surface area contributed by atoms with Gasteiger partial charge in [-0.25, -0.2) is 4.39 Å². The molecule has 1 N–H and O–H groups in total. The monoisotopic (exact) mass is 287 g/mol. The lowest BCUT2D eigenvalue weighted by Gasteiger charge is -2.16. The van der Waals surface area contributed by atoms with E-state index >= 15 is 0 Å². The number of aromatic nitrogens is 1. The van der Waals surface area contributed by atoms with Gasteiger partial charge in [-0.3, -0.25) is 14.7 Å². The maximum Gasteiger partial charge on any atom is 0.238 e. The number of rotatable bonds is 6. The third-order valence-corrected chi connectivity index (χ3v) is 3.07. The van der Waals surface area contributed by atoms with Gasteiger partial charge in [0.25, 0.3) is 0 Å². The van der Waals surface area contributed by atoms with Crippen LogP contribution in [0.4, 0.5) is 10.1 Å². The topological polar surface area (TPSA) is 45.2 Å². The molecule has 0 fully saturated rings. The molecule has 1 heterocycles. The van der Waals surface area contributed by atoms with Gasteiger partial charge in [0, 0.05) is 24.6 Å². The van der Waals surface area contributed by atoms with E-state index < -0.39 is 0 Å². The van der Waals surface area contributed by atoms with Crippen LogP contribution in [0.1, 0.15) is 5.56 Å². The Hall–Kier alpha value is -2.27. The summed E-state index contributed by atoms with van der Waals surface area (Å²) in [5, 5.41) is 2.74. The first kappa shape index (κ1) is 15.1. The molecule has 0 atom stereocenters. The van der Waals surface area contributed by atoms with Crippen LogP contribution in [-0.4, -0.2) is 35.9 Å². The Kier molecular flexibility index (Phi) is 5.40. The van der Waals surface area contributed by atoms with Gasteiger partial charge < -0.3 is 5.32 Å². The molecular weight excluding hydrogens is 269 g/mol. The largest absolute Gasteiger partial charge is 0.325 e. The van der Waals surface area contributed by atoms with Crippen molar-refractivity contribution in [3.05, 3.63) is 60.2 Å². The van der Waals surface area contributed by atoms with Crippen molar-refractivity contribution in [1.82, 2.24) is 9.88 Å². The van der Waals surface area contributed by atoms with Crippen LogP contribution in [0.15, 0.2) is 48.8 Å². The van der Waals surface area contributed by atoms with Crippen LogP contribution >= 0.6 is 0 Å². The number of pyridine rings is 1. The van der Waals surface area contributed by atoms with Gasteiger partial charge in [-0.15, -0.1) is 0 Å². The molecule has 0 radical (unpaired) electrons. The Balaban J connectivity index is 1.75. The highest BCUT2D eigenvalue weighted by Crippen LogP contribution is 2.08. The summed E-state index contributed by atoms with van der Waals surface area (Å²) in [6, 6.07) is 9.67. The molecule has 0 saturated carbocycles. The summed E-state index contributed by atoms with van der Waals surface area (Å²) in [6.07, 6.45) is 4.38. The molecule has 5 heteroatoms. The molecule has 0 aliphatic rings. The highest BCUT2D eigenvalue weighted by atomic mass is 19.1. The number of benzene rings is 1. The van der Waals surface area contributed by atoms with E-state index in [1.807, 2.05) is 24.1 Å². The molecule has 2 aromatic rings. The van der Waals surface area contributed by atoms with Crippen LogP contribution in [0, 0.1) is 5.82 Å². The van der Waals surface area contributed by atoms with E-state index in [2.05, 4.69) is 10.3 Å². The van der Waals surface area contributed by atoms with Crippen LogP contribution in [0.3, 0.4) is 0 Å². The number of likely N-dealkylation sites (N-methyl/N-ethyl adjacent to an activating group) is 1. The number of hydrogen-bond donors (Lipinski definition) is 1. The number of nitrogens with zero attached hydrogens (tertiary/aromatic N) is 2. The van der Waals surface area contributed by atoms with Gasteiger partial charge in [-0.05, 0) is 55.4 Å². The van der Waals surface area contributed by atoms with E-state index in [1.54, 1.807) is 24.5 Å². The van der Waals surface area contributed by atoms with E-state index in [1.165, 1.54) is 17.7 Å². The number of amides is 1. The zero-order valence-electron chi connectivity index (χ0n) is 11.9. The minimum absolute atomic E-state index is 0.112. The molecule has 4 nitrogen and oxygen atoms in total. The Morgan fingerprint density at radius 1 is 1.19 bits per heavy atom. The predicted octanol–water partition coefficient (Wildman–Crippen LogP) is 2.33. The first-order valence-corrected chi connectivity index (χ1v) is 6.76. The van der Waals surface area contributed by atoms with Gasteiger partial charge in [0.2, 0.25) is 5.91 Å². The fourth-order valence-electron chi connectivity index (χ4n) is 1.93. The molecular formula is C16H18FN3O. The lowest BCUT2D eigenvalue weighted by atomic mass is 10.2. The summed E-state index contributed by atoms with van der Waals surface area (Å²) in [6.45, 7) is 1.07. The summed E-state index contributed by atoms with van der Waals surface area (Å²) >= 11 is 0. The maximum absolute atomic E-state index is 12.8. The standard InChI is InChI=1S/C16H18FN3O/c1-20(11-8-13-6-9-18-10-7-13)12-16(21)19-15-4-2-14(17)3-5-15/h2-7,9-10H,8,11-12H2,1H3,(H,19,21). The number of anilines is 1. The minimum atomic E-state index is -0.317. The molecule has 0 aliphatic heterocycles. The molecule has 1 aromatic heterocycles. The van der Waals surface area contributed by atoms with Crippen LogP contribution in [-0.2, 0) is 11.2 Å². The summed E-state index contributed by atoms with van der Waals surface area (Å²) in [5.74, 6) is -0.429. The lowest BCUT2D eigenvalue weighted by Crippen LogP contribution is -2.31. The van der Waals surface area contributed by atoms with Crippen molar-refractivity contribution in [2.75, 3.05) is 25.5 Å². The quantitative estimate of drug-likeness (QED) is 0.887. The third kappa shape index (κ3) is 5.31. The number of nitrogens with one attached hydrogen (secondary N) is 1. The second kappa shape index (κ2) is 7.50. The highest BCUT2D eigenvalue weighted by Gasteiger charge is 2.07. The zero-order valence-corrected chi connectivity index (χ0v) is 11.9. The van der Waals surface area contributed by atoms with Crippen LogP contribution in [0.25, 0.3) is 0 Å². The Morgan fingerprint density at radius 3 is 2.52 bits per heavy atom. The Bertz CT molecular complexity index is 572. The number of carbonyl (C=O) groups is 1. The molecule has 21 heavy (non-hydrogen) atoms. The van der Waals surface area contributed by atoms with E-state index in [9.17, 15) is 9.18 Å². The Labute approximate surface area is 123 Å². The molecule has 1 aromatic carbocycles. The fraction of sp³-hybridized carbons (Fsp3) is 0.250. The molecule has 0 unspecified atom stereocenters. The molecule has 2 rings (SSSR count). The Morgan fingerprint density at radius 2 is 1.86 bits per heavy atom. The van der Waals surface area contributed by atoms with Crippen LogP contribution in [0.2, 0.25) is 0 Å². The fourth-order valence-corrected chi connectivity index (χ4v) is 1.93. The van der Waals surface area contributed by atoms with Gasteiger partial charge in [0.05, 0.1) is 6.54 Å². The number of hydrogen-bond acceptors (Lipinski definition) is 3. The van der Waals surface area contributed by atoms with Gasteiger partial charge in [-0.2, -0.15) is 0 Å². The van der Waals surface area contributed by atoms with Gasteiger partial charge in [0.15, 0.2) is 0 Å².